The largest absolute Gasteiger partial charge is 0.348 e. The van der Waals surface area contributed by atoms with Gasteiger partial charge in [-0.15, -0.1) is 11.3 Å². The van der Waals surface area contributed by atoms with Gasteiger partial charge in [-0.3, -0.25) is 4.79 Å². The third kappa shape index (κ3) is 4.11. The molecule has 4 rings (SSSR count). The number of nitrogens with zero attached hydrogens (tertiary/aromatic N) is 3. The number of primary sulfonamides is 1. The van der Waals surface area contributed by atoms with Crippen molar-refractivity contribution in [2.45, 2.75) is 24.4 Å². The van der Waals surface area contributed by atoms with Crippen LogP contribution in [0.1, 0.15) is 18.5 Å². The third-order valence-electron chi connectivity index (χ3n) is 4.70. The number of amides is 1. The number of fused-ring (bicyclic) bond motifs is 1. The summed E-state index contributed by atoms with van der Waals surface area (Å²) in [6.45, 7) is 1.91. The van der Waals surface area contributed by atoms with Gasteiger partial charge in [0, 0.05) is 5.38 Å². The Bertz CT molecular complexity index is 1300. The summed E-state index contributed by atoms with van der Waals surface area (Å²) in [4.78, 5) is 21.8. The van der Waals surface area contributed by atoms with Crippen molar-refractivity contribution in [2.24, 2.45) is 5.14 Å². The van der Waals surface area contributed by atoms with Crippen LogP contribution in [0, 0.1) is 0 Å². The van der Waals surface area contributed by atoms with Crippen molar-refractivity contribution in [3.8, 4) is 11.5 Å². The highest BCUT2D eigenvalue weighted by Gasteiger charge is 2.18. The predicted molar refractivity (Wildman–Crippen MR) is 115 cm³/mol. The Morgan fingerprint density at radius 1 is 1.20 bits per heavy atom. The Morgan fingerprint density at radius 2 is 1.93 bits per heavy atom. The van der Waals surface area contributed by atoms with Crippen LogP contribution in [0.2, 0.25) is 0 Å². The summed E-state index contributed by atoms with van der Waals surface area (Å²) < 4.78 is 24.6. The molecule has 0 unspecified atom stereocenters. The van der Waals surface area contributed by atoms with E-state index in [1.165, 1.54) is 23.5 Å². The first-order chi connectivity index (χ1) is 14.3. The Hall–Kier alpha value is -3.08. The lowest BCUT2D eigenvalue weighted by Crippen LogP contribution is -2.30. The third-order valence-corrected chi connectivity index (χ3v) is 6.22. The number of imidazole rings is 1. The second-order valence-electron chi connectivity index (χ2n) is 6.79. The smallest absolute Gasteiger partial charge is 0.240 e. The Kier molecular flexibility index (Phi) is 5.37. The number of hydrogen-bond donors (Lipinski definition) is 2. The van der Waals surface area contributed by atoms with Crippen molar-refractivity contribution in [3.05, 3.63) is 65.0 Å². The van der Waals surface area contributed by atoms with E-state index in [4.69, 9.17) is 5.14 Å². The molecule has 1 atom stereocenters. The Labute approximate surface area is 177 Å². The molecule has 8 nitrogen and oxygen atoms in total. The van der Waals surface area contributed by atoms with Crippen LogP contribution in [0.4, 0.5) is 0 Å². The number of sulfonamides is 1. The van der Waals surface area contributed by atoms with Crippen molar-refractivity contribution >= 4 is 38.3 Å². The van der Waals surface area contributed by atoms with Crippen LogP contribution in [0.5, 0.6) is 0 Å². The number of carbonyl (C=O) groups excluding carboxylic acids is 1. The van der Waals surface area contributed by atoms with Gasteiger partial charge in [-0.05, 0) is 36.8 Å². The maximum absolute atomic E-state index is 12.8. The van der Waals surface area contributed by atoms with E-state index in [0.29, 0.717) is 5.82 Å². The van der Waals surface area contributed by atoms with E-state index in [1.807, 2.05) is 41.1 Å². The molecule has 0 aliphatic rings. The highest BCUT2D eigenvalue weighted by molar-refractivity contribution is 7.89. The minimum absolute atomic E-state index is 0.0302. The highest BCUT2D eigenvalue weighted by atomic mass is 32.2. The van der Waals surface area contributed by atoms with Crippen molar-refractivity contribution in [1.82, 2.24) is 19.9 Å². The Morgan fingerprint density at radius 3 is 2.60 bits per heavy atom. The highest BCUT2D eigenvalue weighted by Crippen LogP contribution is 2.25. The van der Waals surface area contributed by atoms with Gasteiger partial charge in [-0.25, -0.2) is 23.5 Å². The van der Waals surface area contributed by atoms with Gasteiger partial charge in [0.1, 0.15) is 12.2 Å². The van der Waals surface area contributed by atoms with Crippen molar-refractivity contribution in [3.63, 3.8) is 0 Å². The molecule has 2 aromatic carbocycles. The summed E-state index contributed by atoms with van der Waals surface area (Å²) in [5.41, 5.74) is 4.86. The lowest BCUT2D eigenvalue weighted by molar-refractivity contribution is -0.122. The summed E-state index contributed by atoms with van der Waals surface area (Å²) in [6.07, 6.45) is 0. The quantitative estimate of drug-likeness (QED) is 0.477. The SMILES string of the molecule is C[C@H](NC(=O)Cn1c(-c2cscn2)nc2ccccc21)c1ccc(S(N)(=O)=O)cc1. The Balaban J connectivity index is 1.56. The number of hydrogen-bond acceptors (Lipinski definition) is 6. The molecule has 0 bridgehead atoms. The maximum atomic E-state index is 12.8. The normalized spacial score (nSPS) is 12.7. The first kappa shape index (κ1) is 20.2. The van der Waals surface area contributed by atoms with Gasteiger partial charge in [0.25, 0.3) is 0 Å². The summed E-state index contributed by atoms with van der Waals surface area (Å²) in [5.74, 6) is 0.440. The van der Waals surface area contributed by atoms with Crippen LogP contribution >= 0.6 is 11.3 Å². The first-order valence-corrected chi connectivity index (χ1v) is 11.6. The number of thiazole rings is 1. The summed E-state index contributed by atoms with van der Waals surface area (Å²) >= 11 is 1.47. The van der Waals surface area contributed by atoms with Gasteiger partial charge >= 0.3 is 0 Å². The van der Waals surface area contributed by atoms with Crippen LogP contribution in [0.15, 0.2) is 64.3 Å². The summed E-state index contributed by atoms with van der Waals surface area (Å²) in [7, 11) is -3.75. The number of benzene rings is 2. The molecule has 2 aromatic heterocycles. The molecule has 0 saturated heterocycles. The zero-order chi connectivity index (χ0) is 21.3. The minimum Gasteiger partial charge on any atom is -0.348 e. The molecular weight excluding hydrogens is 422 g/mol. The zero-order valence-electron chi connectivity index (χ0n) is 16.0. The summed E-state index contributed by atoms with van der Waals surface area (Å²) in [6, 6.07) is 13.4. The van der Waals surface area contributed by atoms with Gasteiger partial charge in [-0.1, -0.05) is 24.3 Å². The van der Waals surface area contributed by atoms with Crippen LogP contribution in [-0.4, -0.2) is 28.9 Å². The van der Waals surface area contributed by atoms with E-state index < -0.39 is 10.0 Å². The summed E-state index contributed by atoms with van der Waals surface area (Å²) in [5, 5.41) is 9.97. The van der Waals surface area contributed by atoms with Gasteiger partial charge in [0.2, 0.25) is 15.9 Å². The second-order valence-corrected chi connectivity index (χ2v) is 9.07. The molecule has 0 aliphatic carbocycles. The fourth-order valence-electron chi connectivity index (χ4n) is 3.21. The van der Waals surface area contributed by atoms with Gasteiger partial charge < -0.3 is 9.88 Å². The molecule has 154 valence electrons. The maximum Gasteiger partial charge on any atom is 0.240 e. The fraction of sp³-hybridized carbons (Fsp3) is 0.150. The molecule has 0 saturated carbocycles. The average molecular weight is 442 g/mol. The van der Waals surface area contributed by atoms with Crippen molar-refractivity contribution in [2.75, 3.05) is 0 Å². The molecule has 4 aromatic rings. The molecule has 0 radical (unpaired) electrons. The van der Waals surface area contributed by atoms with Crippen LogP contribution in [0.3, 0.4) is 0 Å². The van der Waals surface area contributed by atoms with E-state index >= 15 is 0 Å². The van der Waals surface area contributed by atoms with Gasteiger partial charge in [0.05, 0.1) is 27.5 Å². The number of rotatable bonds is 6. The van der Waals surface area contributed by atoms with Crippen molar-refractivity contribution in [1.29, 1.82) is 0 Å². The standard InChI is InChI=1S/C20H19N5O3S2/c1-13(14-6-8-15(9-7-14)30(21,27)28)23-19(26)10-25-18-5-3-2-4-16(18)24-20(25)17-11-29-12-22-17/h2-9,11-13H,10H2,1H3,(H,23,26)(H2,21,27,28)/t13-/m0/s1. The first-order valence-electron chi connectivity index (χ1n) is 9.09. The van der Waals surface area contributed by atoms with Crippen LogP contribution in [-0.2, 0) is 21.4 Å². The second kappa shape index (κ2) is 7.98. The molecule has 2 heterocycles. The molecule has 0 aliphatic heterocycles. The topological polar surface area (TPSA) is 120 Å². The number of para-hydroxylation sites is 2. The molecule has 0 spiro atoms. The van der Waals surface area contributed by atoms with Gasteiger partial charge in [-0.2, -0.15) is 0 Å². The number of nitrogens with two attached hydrogens (primary N) is 1. The zero-order valence-corrected chi connectivity index (χ0v) is 17.7. The van der Waals surface area contributed by atoms with E-state index in [2.05, 4.69) is 15.3 Å². The molecule has 3 N–H and O–H groups in total. The van der Waals surface area contributed by atoms with E-state index in [0.717, 1.165) is 22.3 Å². The lowest BCUT2D eigenvalue weighted by atomic mass is 10.1. The molecule has 1 amide bonds. The van der Waals surface area contributed by atoms with Crippen molar-refractivity contribution < 1.29 is 13.2 Å². The monoisotopic (exact) mass is 441 g/mol. The fourth-order valence-corrected chi connectivity index (χ4v) is 4.26. The predicted octanol–water partition coefficient (Wildman–Crippen LogP) is 2.68. The van der Waals surface area contributed by atoms with Gasteiger partial charge in [0.15, 0.2) is 5.82 Å². The number of nitrogens with one attached hydrogen (secondary N) is 1. The molecule has 10 heteroatoms. The van der Waals surface area contributed by atoms with E-state index in [9.17, 15) is 13.2 Å². The number of carbonyl (C=O) groups is 1. The van der Waals surface area contributed by atoms with E-state index in [-0.39, 0.29) is 23.4 Å². The van der Waals surface area contributed by atoms with Crippen LogP contribution in [0.25, 0.3) is 22.6 Å². The van der Waals surface area contributed by atoms with E-state index in [1.54, 1.807) is 17.6 Å². The molecule has 30 heavy (non-hydrogen) atoms. The minimum atomic E-state index is -3.75. The number of aromatic nitrogens is 3. The average Bonchev–Trinajstić information content (AvgIpc) is 3.36. The molecule has 0 fully saturated rings. The van der Waals surface area contributed by atoms with Crippen LogP contribution < -0.4 is 10.5 Å². The molecular formula is C20H19N5O3S2. The lowest BCUT2D eigenvalue weighted by Gasteiger charge is -2.16.